The molecule has 0 saturated carbocycles. The molecule has 1 unspecified atom stereocenters. The zero-order valence-corrected chi connectivity index (χ0v) is 10.2. The molecule has 14 heavy (non-hydrogen) atoms. The molecule has 0 aliphatic rings. The molecule has 80 valence electrons. The van der Waals surface area contributed by atoms with E-state index in [0.29, 0.717) is 0 Å². The summed E-state index contributed by atoms with van der Waals surface area (Å²) < 4.78 is 5.24. The molecular weight excluding hydrogens is 196 g/mol. The fraction of sp³-hybridized carbons (Fsp3) is 0.700. The van der Waals surface area contributed by atoms with E-state index in [1.807, 2.05) is 13.8 Å². The third-order valence-electron chi connectivity index (χ3n) is 2.46. The number of thiazole rings is 1. The highest BCUT2D eigenvalue weighted by Crippen LogP contribution is 2.22. The quantitative estimate of drug-likeness (QED) is 0.836. The van der Waals surface area contributed by atoms with Gasteiger partial charge in [0.1, 0.15) is 0 Å². The van der Waals surface area contributed by atoms with Crippen LogP contribution in [-0.2, 0) is 4.74 Å². The van der Waals surface area contributed by atoms with Gasteiger partial charge >= 0.3 is 0 Å². The van der Waals surface area contributed by atoms with Crippen molar-refractivity contribution in [2.45, 2.75) is 39.8 Å². The van der Waals surface area contributed by atoms with Crippen molar-refractivity contribution in [1.82, 2.24) is 4.98 Å². The Morgan fingerprint density at radius 1 is 1.36 bits per heavy atom. The minimum Gasteiger partial charge on any atom is -0.380 e. The first kappa shape index (κ1) is 11.5. The molecule has 0 fully saturated rings. The molecule has 0 spiro atoms. The van der Waals surface area contributed by atoms with Gasteiger partial charge in [0, 0.05) is 12.0 Å². The topological polar surface area (TPSA) is 34.1 Å². The Morgan fingerprint density at radius 3 is 2.43 bits per heavy atom. The molecule has 3 nitrogen and oxygen atoms in total. The average Bonchev–Trinajstić information content (AvgIpc) is 2.44. The lowest BCUT2D eigenvalue weighted by molar-refractivity contribution is 0.106. The molecule has 0 bridgehead atoms. The van der Waals surface area contributed by atoms with Crippen LogP contribution in [0.1, 0.15) is 24.4 Å². The third kappa shape index (κ3) is 2.69. The first-order valence-corrected chi connectivity index (χ1v) is 5.59. The molecule has 1 heterocycles. The van der Waals surface area contributed by atoms with Crippen LogP contribution < -0.4 is 5.32 Å². The van der Waals surface area contributed by atoms with Crippen molar-refractivity contribution in [1.29, 1.82) is 0 Å². The second-order valence-corrected chi connectivity index (χ2v) is 4.74. The molecule has 0 amide bonds. The summed E-state index contributed by atoms with van der Waals surface area (Å²) in [6, 6.07) is 0.282. The number of aryl methyl sites for hydroxylation is 2. The fourth-order valence-electron chi connectivity index (χ4n) is 1.05. The van der Waals surface area contributed by atoms with Gasteiger partial charge in [-0.3, -0.25) is 0 Å². The predicted octanol–water partition coefficient (Wildman–Crippen LogP) is 2.60. The summed E-state index contributed by atoms with van der Waals surface area (Å²) in [5, 5.41) is 4.32. The van der Waals surface area contributed by atoms with Gasteiger partial charge in [0.2, 0.25) is 0 Å². The first-order valence-electron chi connectivity index (χ1n) is 4.78. The van der Waals surface area contributed by atoms with E-state index >= 15 is 0 Å². The molecule has 1 N–H and O–H groups in total. The molecule has 2 atom stereocenters. The second kappa shape index (κ2) is 4.75. The van der Waals surface area contributed by atoms with Gasteiger partial charge in [-0.15, -0.1) is 11.3 Å². The Balaban J connectivity index is 2.60. The lowest BCUT2D eigenvalue weighted by atomic mass is 10.2. The Bertz CT molecular complexity index is 279. The number of anilines is 1. The van der Waals surface area contributed by atoms with Crippen LogP contribution in [0.3, 0.4) is 0 Å². The number of methoxy groups -OCH3 is 1. The standard InChI is InChI=1S/C10H18N2OS/c1-6(8(3)13-5)11-10-12-7(2)9(4)14-10/h6,8H,1-5H3,(H,11,12)/t6-,8?/m0/s1. The van der Waals surface area contributed by atoms with E-state index in [1.165, 1.54) is 4.88 Å². The van der Waals surface area contributed by atoms with E-state index in [0.717, 1.165) is 10.8 Å². The Hall–Kier alpha value is -0.610. The maximum Gasteiger partial charge on any atom is 0.183 e. The van der Waals surface area contributed by atoms with Crippen LogP contribution in [-0.4, -0.2) is 24.2 Å². The van der Waals surface area contributed by atoms with Gasteiger partial charge in [0.25, 0.3) is 0 Å². The van der Waals surface area contributed by atoms with Crippen LogP contribution in [0.5, 0.6) is 0 Å². The third-order valence-corrected chi connectivity index (χ3v) is 3.46. The van der Waals surface area contributed by atoms with Gasteiger partial charge in [-0.25, -0.2) is 4.98 Å². The van der Waals surface area contributed by atoms with Gasteiger partial charge in [-0.1, -0.05) is 0 Å². The zero-order valence-electron chi connectivity index (χ0n) is 9.42. The molecule has 1 aromatic heterocycles. The number of hydrogen-bond donors (Lipinski definition) is 1. The molecule has 0 saturated heterocycles. The molecule has 1 rings (SSSR count). The molecule has 0 aliphatic heterocycles. The van der Waals surface area contributed by atoms with Crippen LogP contribution in [0.4, 0.5) is 5.13 Å². The van der Waals surface area contributed by atoms with Crippen LogP contribution in [0, 0.1) is 13.8 Å². The summed E-state index contributed by atoms with van der Waals surface area (Å²) in [7, 11) is 1.72. The fourth-order valence-corrected chi connectivity index (χ4v) is 1.96. The summed E-state index contributed by atoms with van der Waals surface area (Å²) in [4.78, 5) is 5.69. The van der Waals surface area contributed by atoms with E-state index in [9.17, 15) is 0 Å². The van der Waals surface area contributed by atoms with Crippen LogP contribution in [0.15, 0.2) is 0 Å². The Morgan fingerprint density at radius 2 is 2.00 bits per heavy atom. The molecule has 1 aromatic rings. The first-order chi connectivity index (χ1) is 6.54. The van der Waals surface area contributed by atoms with E-state index < -0.39 is 0 Å². The maximum absolute atomic E-state index is 5.24. The SMILES string of the molecule is COC(C)[C@H](C)Nc1nc(C)c(C)s1. The Labute approximate surface area is 89.5 Å². The minimum absolute atomic E-state index is 0.194. The maximum atomic E-state index is 5.24. The zero-order chi connectivity index (χ0) is 10.7. The van der Waals surface area contributed by atoms with E-state index in [2.05, 4.69) is 24.1 Å². The van der Waals surface area contributed by atoms with Crippen molar-refractivity contribution >= 4 is 16.5 Å². The van der Waals surface area contributed by atoms with Crippen molar-refractivity contribution in [3.05, 3.63) is 10.6 Å². The number of nitrogens with zero attached hydrogens (tertiary/aromatic N) is 1. The van der Waals surface area contributed by atoms with E-state index in [-0.39, 0.29) is 12.1 Å². The molecule has 0 aromatic carbocycles. The Kier molecular flexibility index (Phi) is 3.89. The van der Waals surface area contributed by atoms with Crippen LogP contribution >= 0.6 is 11.3 Å². The van der Waals surface area contributed by atoms with Crippen molar-refractivity contribution in [3.8, 4) is 0 Å². The minimum atomic E-state index is 0.194. The number of rotatable bonds is 4. The summed E-state index contributed by atoms with van der Waals surface area (Å²) >= 11 is 1.69. The predicted molar refractivity (Wildman–Crippen MR) is 61.1 cm³/mol. The molecular formula is C10H18N2OS. The molecule has 0 radical (unpaired) electrons. The smallest absolute Gasteiger partial charge is 0.183 e. The lowest BCUT2D eigenvalue weighted by Crippen LogP contribution is -2.29. The van der Waals surface area contributed by atoms with E-state index in [1.54, 1.807) is 18.4 Å². The summed E-state index contributed by atoms with van der Waals surface area (Å²) in [6.07, 6.45) is 0.194. The number of hydrogen-bond acceptors (Lipinski definition) is 4. The van der Waals surface area contributed by atoms with E-state index in [4.69, 9.17) is 4.74 Å². The van der Waals surface area contributed by atoms with Crippen LogP contribution in [0.2, 0.25) is 0 Å². The highest BCUT2D eigenvalue weighted by Gasteiger charge is 2.12. The molecule has 0 aliphatic carbocycles. The second-order valence-electron chi connectivity index (χ2n) is 3.53. The number of ether oxygens (including phenoxy) is 1. The van der Waals surface area contributed by atoms with Gasteiger partial charge in [0.05, 0.1) is 17.8 Å². The highest BCUT2D eigenvalue weighted by molar-refractivity contribution is 7.15. The number of aromatic nitrogens is 1. The van der Waals surface area contributed by atoms with Crippen molar-refractivity contribution in [2.24, 2.45) is 0 Å². The number of nitrogens with one attached hydrogen (secondary N) is 1. The largest absolute Gasteiger partial charge is 0.380 e. The van der Waals surface area contributed by atoms with Gasteiger partial charge in [-0.05, 0) is 27.7 Å². The van der Waals surface area contributed by atoms with Crippen molar-refractivity contribution < 1.29 is 4.74 Å². The van der Waals surface area contributed by atoms with Crippen molar-refractivity contribution in [2.75, 3.05) is 12.4 Å². The highest BCUT2D eigenvalue weighted by atomic mass is 32.1. The van der Waals surface area contributed by atoms with Gasteiger partial charge in [0.15, 0.2) is 5.13 Å². The normalized spacial score (nSPS) is 15.2. The molecule has 4 heteroatoms. The lowest BCUT2D eigenvalue weighted by Gasteiger charge is -2.19. The van der Waals surface area contributed by atoms with Crippen molar-refractivity contribution in [3.63, 3.8) is 0 Å². The monoisotopic (exact) mass is 214 g/mol. The summed E-state index contributed by atoms with van der Waals surface area (Å²) in [6.45, 7) is 8.26. The summed E-state index contributed by atoms with van der Waals surface area (Å²) in [5.74, 6) is 0. The van der Waals surface area contributed by atoms with Gasteiger partial charge < -0.3 is 10.1 Å². The average molecular weight is 214 g/mol. The summed E-state index contributed by atoms with van der Waals surface area (Å²) in [5.41, 5.74) is 1.11. The van der Waals surface area contributed by atoms with Gasteiger partial charge in [-0.2, -0.15) is 0 Å². The van der Waals surface area contributed by atoms with Crippen LogP contribution in [0.25, 0.3) is 0 Å².